The topological polar surface area (TPSA) is 75.1 Å². The third-order valence-corrected chi connectivity index (χ3v) is 1.29. The third-order valence-electron chi connectivity index (χ3n) is 1.29. The predicted octanol–water partition coefficient (Wildman–Crippen LogP) is 0.852. The van der Waals surface area contributed by atoms with Gasteiger partial charge in [-0.25, -0.2) is 23.5 Å². The number of hydrogen-bond acceptors (Lipinski definition) is 4. The minimum atomic E-state index is -2.54. The van der Waals surface area contributed by atoms with Gasteiger partial charge < -0.3 is 10.4 Å². The Bertz CT molecular complexity index is 332. The van der Waals surface area contributed by atoms with Crippen LogP contribution in [0.2, 0.25) is 0 Å². The summed E-state index contributed by atoms with van der Waals surface area (Å²) < 4.78 is 23.5. The molecular weight excluding hydrogens is 196 g/mol. The van der Waals surface area contributed by atoms with Crippen LogP contribution in [0.3, 0.4) is 0 Å². The minimum absolute atomic E-state index is 0.120. The number of alkyl halides is 2. The monoisotopic (exact) mass is 203 g/mol. The summed E-state index contributed by atoms with van der Waals surface area (Å²) in [6, 6.07) is 1.18. The Morgan fingerprint density at radius 1 is 1.64 bits per heavy atom. The second kappa shape index (κ2) is 4.45. The fourth-order valence-corrected chi connectivity index (χ4v) is 0.731. The van der Waals surface area contributed by atoms with Crippen LogP contribution in [-0.2, 0) is 0 Å². The molecule has 0 saturated heterocycles. The molecule has 5 nitrogen and oxygen atoms in total. The Balaban J connectivity index is 2.69. The van der Waals surface area contributed by atoms with Gasteiger partial charge in [0.2, 0.25) is 5.95 Å². The first-order chi connectivity index (χ1) is 6.59. The van der Waals surface area contributed by atoms with Crippen LogP contribution in [0, 0.1) is 0 Å². The molecule has 7 heteroatoms. The van der Waals surface area contributed by atoms with Crippen LogP contribution in [0.5, 0.6) is 0 Å². The van der Waals surface area contributed by atoms with Crippen molar-refractivity contribution >= 4 is 11.9 Å². The molecule has 2 N–H and O–H groups in total. The van der Waals surface area contributed by atoms with Crippen molar-refractivity contribution in [1.29, 1.82) is 0 Å². The average Bonchev–Trinajstić information content (AvgIpc) is 2.15. The molecule has 0 atom stereocenters. The number of nitrogens with zero attached hydrogens (tertiary/aromatic N) is 2. The van der Waals surface area contributed by atoms with Gasteiger partial charge >= 0.3 is 5.97 Å². The summed E-state index contributed by atoms with van der Waals surface area (Å²) in [6.45, 7) is -0.608. The smallest absolute Gasteiger partial charge is 0.354 e. The van der Waals surface area contributed by atoms with Crippen molar-refractivity contribution in [3.63, 3.8) is 0 Å². The van der Waals surface area contributed by atoms with E-state index >= 15 is 0 Å². The number of carbonyl (C=O) groups is 1. The molecule has 1 rings (SSSR count). The number of hydrogen-bond donors (Lipinski definition) is 2. The summed E-state index contributed by atoms with van der Waals surface area (Å²) in [5.74, 6) is -1.35. The molecule has 0 radical (unpaired) electrons. The normalized spacial score (nSPS) is 10.2. The van der Waals surface area contributed by atoms with Crippen molar-refractivity contribution in [2.75, 3.05) is 11.9 Å². The number of anilines is 1. The number of aromatic nitrogens is 2. The molecule has 14 heavy (non-hydrogen) atoms. The van der Waals surface area contributed by atoms with E-state index in [9.17, 15) is 13.6 Å². The van der Waals surface area contributed by atoms with Crippen molar-refractivity contribution < 1.29 is 18.7 Å². The molecular formula is C7H7F2N3O2. The zero-order valence-corrected chi connectivity index (χ0v) is 6.94. The molecule has 76 valence electrons. The molecule has 0 aliphatic heterocycles. The largest absolute Gasteiger partial charge is 0.477 e. The molecule has 0 aromatic carbocycles. The number of carboxylic acid groups (broad SMARTS) is 1. The van der Waals surface area contributed by atoms with Gasteiger partial charge in [0.25, 0.3) is 6.43 Å². The van der Waals surface area contributed by atoms with Gasteiger partial charge in [-0.05, 0) is 6.07 Å². The molecule has 0 saturated carbocycles. The Hall–Kier alpha value is -1.79. The highest BCUT2D eigenvalue weighted by atomic mass is 19.3. The Labute approximate surface area is 77.8 Å². The van der Waals surface area contributed by atoms with Gasteiger partial charge in [0.05, 0.1) is 6.54 Å². The first-order valence-corrected chi connectivity index (χ1v) is 3.68. The molecule has 0 spiro atoms. The summed E-state index contributed by atoms with van der Waals surface area (Å²) in [5.41, 5.74) is -0.239. The highest BCUT2D eigenvalue weighted by molar-refractivity contribution is 5.85. The van der Waals surface area contributed by atoms with Crippen molar-refractivity contribution in [3.05, 3.63) is 18.0 Å². The summed E-state index contributed by atoms with van der Waals surface area (Å²) in [5, 5.41) is 10.7. The number of aromatic carboxylic acids is 1. The van der Waals surface area contributed by atoms with Gasteiger partial charge in [-0.3, -0.25) is 0 Å². The van der Waals surface area contributed by atoms with Gasteiger partial charge in [-0.1, -0.05) is 0 Å². The minimum Gasteiger partial charge on any atom is -0.477 e. The van der Waals surface area contributed by atoms with E-state index in [1.807, 2.05) is 0 Å². The lowest BCUT2D eigenvalue weighted by Crippen LogP contribution is -2.13. The number of halogens is 2. The average molecular weight is 203 g/mol. The maximum atomic E-state index is 11.7. The standard InChI is InChI=1S/C7H7F2N3O2/c8-5(9)3-11-7-10-2-1-4(12-7)6(13)14/h1-2,5H,3H2,(H,13,14)(H,10,11,12). The first-order valence-electron chi connectivity index (χ1n) is 3.68. The molecule has 1 heterocycles. The lowest BCUT2D eigenvalue weighted by atomic mass is 10.4. The van der Waals surface area contributed by atoms with E-state index in [-0.39, 0.29) is 11.6 Å². The van der Waals surface area contributed by atoms with Crippen LogP contribution < -0.4 is 5.32 Å². The van der Waals surface area contributed by atoms with Crippen LogP contribution in [-0.4, -0.2) is 34.0 Å². The summed E-state index contributed by atoms with van der Waals surface area (Å²) in [6.07, 6.45) is -1.35. The molecule has 0 fully saturated rings. The van der Waals surface area contributed by atoms with E-state index in [2.05, 4.69) is 15.3 Å². The highest BCUT2D eigenvalue weighted by Crippen LogP contribution is 2.01. The SMILES string of the molecule is O=C(O)c1ccnc(NCC(F)F)n1. The van der Waals surface area contributed by atoms with Crippen LogP contribution in [0.1, 0.15) is 10.5 Å². The first kappa shape index (κ1) is 10.3. The molecule has 1 aromatic heterocycles. The van der Waals surface area contributed by atoms with Crippen LogP contribution >= 0.6 is 0 Å². The van der Waals surface area contributed by atoms with Gasteiger partial charge in [-0.15, -0.1) is 0 Å². The summed E-state index contributed by atoms with van der Waals surface area (Å²) in [4.78, 5) is 17.5. The Kier molecular flexibility index (Phi) is 3.27. The van der Waals surface area contributed by atoms with E-state index in [1.54, 1.807) is 0 Å². The van der Waals surface area contributed by atoms with E-state index in [1.165, 1.54) is 12.3 Å². The number of carboxylic acids is 1. The van der Waals surface area contributed by atoms with E-state index in [0.29, 0.717) is 0 Å². The van der Waals surface area contributed by atoms with Crippen LogP contribution in [0.4, 0.5) is 14.7 Å². The van der Waals surface area contributed by atoms with Gasteiger partial charge in [0, 0.05) is 6.20 Å². The predicted molar refractivity (Wildman–Crippen MR) is 43.5 cm³/mol. The molecule has 0 bridgehead atoms. The van der Waals surface area contributed by atoms with Crippen molar-refractivity contribution in [3.8, 4) is 0 Å². The molecule has 0 unspecified atom stereocenters. The fourth-order valence-electron chi connectivity index (χ4n) is 0.731. The van der Waals surface area contributed by atoms with Gasteiger partial charge in [0.1, 0.15) is 0 Å². The molecule has 0 aliphatic rings. The Morgan fingerprint density at radius 2 is 2.36 bits per heavy atom. The Morgan fingerprint density at radius 3 is 2.93 bits per heavy atom. The zero-order chi connectivity index (χ0) is 10.6. The van der Waals surface area contributed by atoms with Crippen molar-refractivity contribution in [2.24, 2.45) is 0 Å². The maximum Gasteiger partial charge on any atom is 0.354 e. The lowest BCUT2D eigenvalue weighted by molar-refractivity contribution is 0.0690. The van der Waals surface area contributed by atoms with E-state index in [4.69, 9.17) is 5.11 Å². The van der Waals surface area contributed by atoms with Gasteiger partial charge in [0.15, 0.2) is 5.69 Å². The van der Waals surface area contributed by atoms with Crippen LogP contribution in [0.15, 0.2) is 12.3 Å². The zero-order valence-electron chi connectivity index (χ0n) is 6.94. The lowest BCUT2D eigenvalue weighted by Gasteiger charge is -2.03. The van der Waals surface area contributed by atoms with Gasteiger partial charge in [-0.2, -0.15) is 0 Å². The van der Waals surface area contributed by atoms with Crippen LogP contribution in [0.25, 0.3) is 0 Å². The van der Waals surface area contributed by atoms with Crippen molar-refractivity contribution in [1.82, 2.24) is 9.97 Å². The second-order valence-electron chi connectivity index (χ2n) is 2.34. The quantitative estimate of drug-likeness (QED) is 0.758. The van der Waals surface area contributed by atoms with E-state index < -0.39 is 18.9 Å². The summed E-state index contributed by atoms with van der Waals surface area (Å²) >= 11 is 0. The second-order valence-corrected chi connectivity index (χ2v) is 2.34. The third kappa shape index (κ3) is 2.92. The number of nitrogens with one attached hydrogen (secondary N) is 1. The van der Waals surface area contributed by atoms with E-state index in [0.717, 1.165) is 0 Å². The maximum absolute atomic E-state index is 11.7. The fraction of sp³-hybridized carbons (Fsp3) is 0.286. The molecule has 1 aromatic rings. The van der Waals surface area contributed by atoms with Crippen molar-refractivity contribution in [2.45, 2.75) is 6.43 Å². The summed E-state index contributed by atoms with van der Waals surface area (Å²) in [7, 11) is 0. The molecule has 0 aliphatic carbocycles. The molecule has 0 amide bonds. The highest BCUT2D eigenvalue weighted by Gasteiger charge is 2.07. The number of rotatable bonds is 4.